The predicted molar refractivity (Wildman–Crippen MR) is 101 cm³/mol. The molecule has 0 spiro atoms. The molecular formula is C22H16N2O2. The molecule has 2 heterocycles. The van der Waals surface area contributed by atoms with E-state index in [1.165, 1.54) is 0 Å². The number of hydrogen-bond acceptors (Lipinski definition) is 4. The summed E-state index contributed by atoms with van der Waals surface area (Å²) < 4.78 is 11.6. The van der Waals surface area contributed by atoms with Crippen molar-refractivity contribution in [3.8, 4) is 34.6 Å². The van der Waals surface area contributed by atoms with Crippen molar-refractivity contribution in [3.63, 3.8) is 0 Å². The molecule has 0 fully saturated rings. The largest absolute Gasteiger partial charge is 0.439 e. The number of pyridine rings is 2. The Morgan fingerprint density at radius 3 is 1.27 bits per heavy atom. The molecule has 126 valence electrons. The maximum atomic E-state index is 5.80. The van der Waals surface area contributed by atoms with Crippen LogP contribution in [0.25, 0.3) is 11.4 Å². The lowest BCUT2D eigenvalue weighted by molar-refractivity contribution is 0.461. The minimum atomic E-state index is 0.518. The van der Waals surface area contributed by atoms with Gasteiger partial charge in [-0.25, -0.2) is 9.97 Å². The Morgan fingerprint density at radius 2 is 0.846 bits per heavy atom. The van der Waals surface area contributed by atoms with Crippen molar-refractivity contribution in [1.29, 1.82) is 0 Å². The molecule has 4 aromatic rings. The third kappa shape index (κ3) is 3.87. The van der Waals surface area contributed by atoms with Crippen LogP contribution >= 0.6 is 0 Å². The van der Waals surface area contributed by atoms with Gasteiger partial charge in [0.15, 0.2) is 0 Å². The van der Waals surface area contributed by atoms with E-state index in [2.05, 4.69) is 9.97 Å². The van der Waals surface area contributed by atoms with Gasteiger partial charge < -0.3 is 9.47 Å². The molecule has 4 nitrogen and oxygen atoms in total. The summed E-state index contributed by atoms with van der Waals surface area (Å²) in [4.78, 5) is 9.09. The molecule has 4 rings (SSSR count). The fourth-order valence-corrected chi connectivity index (χ4v) is 2.45. The fraction of sp³-hybridized carbons (Fsp3) is 0. The Labute approximate surface area is 151 Å². The smallest absolute Gasteiger partial charge is 0.219 e. The summed E-state index contributed by atoms with van der Waals surface area (Å²) in [5, 5.41) is 0. The van der Waals surface area contributed by atoms with Crippen LogP contribution in [0.15, 0.2) is 97.1 Å². The number of ether oxygens (including phenoxy) is 2. The summed E-state index contributed by atoms with van der Waals surface area (Å²) in [6.07, 6.45) is 0. The first-order chi connectivity index (χ1) is 12.9. The average molecular weight is 340 g/mol. The van der Waals surface area contributed by atoms with Crippen LogP contribution in [-0.4, -0.2) is 9.97 Å². The molecule has 0 bridgehead atoms. The van der Waals surface area contributed by atoms with Gasteiger partial charge in [-0.15, -0.1) is 0 Å². The Hall–Kier alpha value is -3.66. The van der Waals surface area contributed by atoms with Crippen LogP contribution < -0.4 is 9.47 Å². The summed E-state index contributed by atoms with van der Waals surface area (Å²) >= 11 is 0. The zero-order valence-electron chi connectivity index (χ0n) is 13.9. The van der Waals surface area contributed by atoms with Crippen molar-refractivity contribution in [2.24, 2.45) is 0 Å². The van der Waals surface area contributed by atoms with Gasteiger partial charge in [0.05, 0.1) is 11.4 Å². The van der Waals surface area contributed by atoms with E-state index >= 15 is 0 Å². The molecule has 0 saturated heterocycles. The third-order valence-electron chi connectivity index (χ3n) is 3.64. The number of hydrogen-bond donors (Lipinski definition) is 0. The van der Waals surface area contributed by atoms with Gasteiger partial charge in [-0.2, -0.15) is 0 Å². The summed E-state index contributed by atoms with van der Waals surface area (Å²) in [5.74, 6) is 2.52. The first-order valence-electron chi connectivity index (χ1n) is 8.27. The normalized spacial score (nSPS) is 10.3. The lowest BCUT2D eigenvalue weighted by Gasteiger charge is -2.08. The molecule has 2 aromatic carbocycles. The van der Waals surface area contributed by atoms with E-state index in [1.54, 1.807) is 0 Å². The molecule has 0 saturated carbocycles. The minimum absolute atomic E-state index is 0.518. The number of nitrogens with zero attached hydrogens (tertiary/aromatic N) is 2. The van der Waals surface area contributed by atoms with E-state index < -0.39 is 0 Å². The molecule has 0 unspecified atom stereocenters. The lowest BCUT2D eigenvalue weighted by atomic mass is 10.2. The van der Waals surface area contributed by atoms with Gasteiger partial charge in [-0.1, -0.05) is 48.5 Å². The zero-order valence-corrected chi connectivity index (χ0v) is 13.9. The molecule has 26 heavy (non-hydrogen) atoms. The van der Waals surface area contributed by atoms with Gasteiger partial charge in [0, 0.05) is 12.1 Å². The van der Waals surface area contributed by atoms with Gasteiger partial charge in [0.25, 0.3) is 0 Å². The first-order valence-corrected chi connectivity index (χ1v) is 8.27. The van der Waals surface area contributed by atoms with Crippen molar-refractivity contribution in [3.05, 3.63) is 97.1 Å². The molecule has 4 heteroatoms. The molecule has 0 aliphatic carbocycles. The maximum Gasteiger partial charge on any atom is 0.219 e. The van der Waals surface area contributed by atoms with Crippen molar-refractivity contribution >= 4 is 0 Å². The van der Waals surface area contributed by atoms with Gasteiger partial charge in [-0.05, 0) is 36.4 Å². The van der Waals surface area contributed by atoms with E-state index in [4.69, 9.17) is 9.47 Å². The highest BCUT2D eigenvalue weighted by atomic mass is 16.5. The van der Waals surface area contributed by atoms with Crippen LogP contribution in [0.3, 0.4) is 0 Å². The minimum Gasteiger partial charge on any atom is -0.439 e. The SMILES string of the molecule is c1ccc(Oc2cccc(-c3cccc(Oc4ccccc4)n3)n2)cc1. The van der Waals surface area contributed by atoms with Gasteiger partial charge in [0.1, 0.15) is 11.5 Å². The van der Waals surface area contributed by atoms with Crippen LogP contribution in [0.2, 0.25) is 0 Å². The molecule has 0 aliphatic rings. The molecular weight excluding hydrogens is 324 g/mol. The van der Waals surface area contributed by atoms with Crippen LogP contribution in [-0.2, 0) is 0 Å². The highest BCUT2D eigenvalue weighted by Gasteiger charge is 2.06. The number of aromatic nitrogens is 2. The lowest BCUT2D eigenvalue weighted by Crippen LogP contribution is -1.93. The summed E-state index contributed by atoms with van der Waals surface area (Å²) in [5.41, 5.74) is 1.44. The summed E-state index contributed by atoms with van der Waals surface area (Å²) in [6, 6.07) is 30.4. The summed E-state index contributed by atoms with van der Waals surface area (Å²) in [7, 11) is 0. The topological polar surface area (TPSA) is 44.2 Å². The molecule has 0 aliphatic heterocycles. The van der Waals surface area contributed by atoms with Crippen molar-refractivity contribution in [2.45, 2.75) is 0 Å². The second-order valence-electron chi connectivity index (χ2n) is 5.55. The van der Waals surface area contributed by atoms with E-state index in [9.17, 15) is 0 Å². The zero-order chi connectivity index (χ0) is 17.6. The van der Waals surface area contributed by atoms with Crippen LogP contribution in [0.5, 0.6) is 23.3 Å². The highest BCUT2D eigenvalue weighted by molar-refractivity contribution is 5.55. The Morgan fingerprint density at radius 1 is 0.423 bits per heavy atom. The first kappa shape index (κ1) is 15.8. The monoisotopic (exact) mass is 340 g/mol. The van der Waals surface area contributed by atoms with Crippen LogP contribution in [0.1, 0.15) is 0 Å². The molecule has 0 atom stereocenters. The molecule has 2 aromatic heterocycles. The number of benzene rings is 2. The molecule has 0 amide bonds. The highest BCUT2D eigenvalue weighted by Crippen LogP contribution is 2.25. The Balaban J connectivity index is 1.57. The standard InChI is InChI=1S/C22H16N2O2/c1-3-9-17(10-4-1)25-21-15-7-13-19(23-21)20-14-8-16-22(24-20)26-18-11-5-2-6-12-18/h1-16H. The Bertz CT molecular complexity index is 906. The Kier molecular flexibility index (Phi) is 4.56. The van der Waals surface area contributed by atoms with Gasteiger partial charge in [0.2, 0.25) is 11.8 Å². The van der Waals surface area contributed by atoms with E-state index in [-0.39, 0.29) is 0 Å². The van der Waals surface area contributed by atoms with Crippen molar-refractivity contribution in [1.82, 2.24) is 9.97 Å². The molecule has 0 radical (unpaired) electrons. The van der Waals surface area contributed by atoms with Gasteiger partial charge >= 0.3 is 0 Å². The number of para-hydroxylation sites is 2. The van der Waals surface area contributed by atoms with Crippen LogP contribution in [0.4, 0.5) is 0 Å². The van der Waals surface area contributed by atoms with Crippen LogP contribution in [0, 0.1) is 0 Å². The van der Waals surface area contributed by atoms with E-state index in [0.717, 1.165) is 22.9 Å². The van der Waals surface area contributed by atoms with E-state index in [0.29, 0.717) is 11.8 Å². The predicted octanol–water partition coefficient (Wildman–Crippen LogP) is 5.73. The van der Waals surface area contributed by atoms with Gasteiger partial charge in [-0.3, -0.25) is 0 Å². The quantitative estimate of drug-likeness (QED) is 0.465. The third-order valence-corrected chi connectivity index (χ3v) is 3.64. The summed E-state index contributed by atoms with van der Waals surface area (Å²) in [6.45, 7) is 0. The average Bonchev–Trinajstić information content (AvgIpc) is 2.70. The second-order valence-corrected chi connectivity index (χ2v) is 5.55. The fourth-order valence-electron chi connectivity index (χ4n) is 2.45. The molecule has 0 N–H and O–H groups in total. The van der Waals surface area contributed by atoms with Crippen molar-refractivity contribution in [2.75, 3.05) is 0 Å². The van der Waals surface area contributed by atoms with Crippen molar-refractivity contribution < 1.29 is 9.47 Å². The van der Waals surface area contributed by atoms with E-state index in [1.807, 2.05) is 97.1 Å². The number of rotatable bonds is 5. The maximum absolute atomic E-state index is 5.80. The second kappa shape index (κ2) is 7.49.